The zero-order chi connectivity index (χ0) is 24.0. The quantitative estimate of drug-likeness (QED) is 0.483. The van der Waals surface area contributed by atoms with Crippen LogP contribution in [0.4, 0.5) is 0 Å². The van der Waals surface area contributed by atoms with Crippen molar-refractivity contribution in [1.82, 2.24) is 5.32 Å². The smallest absolute Gasteiger partial charge is 0.303 e. The van der Waals surface area contributed by atoms with Crippen LogP contribution in [0.1, 0.15) is 38.8 Å². The molecule has 0 aromatic heterocycles. The first-order valence-electron chi connectivity index (χ1n) is 10.1. The molecule has 1 fully saturated rings. The molecule has 2 rings (SSSR count). The van der Waals surface area contributed by atoms with Crippen LogP contribution in [0.25, 0.3) is 0 Å². The van der Waals surface area contributed by atoms with E-state index in [2.05, 4.69) is 5.32 Å². The van der Waals surface area contributed by atoms with Crippen LogP contribution in [0.3, 0.4) is 0 Å². The van der Waals surface area contributed by atoms with E-state index in [1.54, 1.807) is 6.07 Å². The Morgan fingerprint density at radius 1 is 0.938 bits per heavy atom. The van der Waals surface area contributed by atoms with E-state index in [4.69, 9.17) is 23.7 Å². The second kappa shape index (κ2) is 10.9. The molecule has 10 heteroatoms. The molecular weight excluding hydrogens is 422 g/mol. The molecule has 0 spiro atoms. The number of rotatable bonds is 7. The Balaban J connectivity index is 2.47. The van der Waals surface area contributed by atoms with Gasteiger partial charge < -0.3 is 29.0 Å². The van der Waals surface area contributed by atoms with Crippen molar-refractivity contribution < 1.29 is 42.9 Å². The van der Waals surface area contributed by atoms with Crippen molar-refractivity contribution in [2.45, 2.75) is 72.2 Å². The summed E-state index contributed by atoms with van der Waals surface area (Å²) in [6, 6.07) is 4.49. The zero-order valence-electron chi connectivity index (χ0n) is 19.0. The number of nitrogens with one attached hydrogen (secondary N) is 1. The minimum Gasteiger partial charge on any atom is -0.463 e. The van der Waals surface area contributed by atoms with Crippen LogP contribution in [0.5, 0.6) is 5.75 Å². The molecule has 5 atom stereocenters. The molecule has 0 radical (unpaired) electrons. The van der Waals surface area contributed by atoms with Gasteiger partial charge in [0, 0.05) is 27.7 Å². The van der Waals surface area contributed by atoms with Crippen molar-refractivity contribution in [3.63, 3.8) is 0 Å². The summed E-state index contributed by atoms with van der Waals surface area (Å²) in [5.41, 5.74) is 1.84. The van der Waals surface area contributed by atoms with E-state index >= 15 is 0 Å². The molecule has 1 N–H and O–H groups in total. The zero-order valence-corrected chi connectivity index (χ0v) is 19.0. The first kappa shape index (κ1) is 25.1. The predicted octanol–water partition coefficient (Wildman–Crippen LogP) is 1.34. The molecule has 0 aliphatic carbocycles. The maximum Gasteiger partial charge on any atom is 0.303 e. The summed E-state index contributed by atoms with van der Waals surface area (Å²) >= 11 is 0. The maximum atomic E-state index is 11.9. The summed E-state index contributed by atoms with van der Waals surface area (Å²) in [4.78, 5) is 46.9. The predicted molar refractivity (Wildman–Crippen MR) is 111 cm³/mol. The Morgan fingerprint density at radius 2 is 1.56 bits per heavy atom. The number of hydrogen-bond donors (Lipinski definition) is 1. The number of carbonyl (C=O) groups excluding carboxylic acids is 4. The van der Waals surface area contributed by atoms with E-state index < -0.39 is 54.5 Å². The van der Waals surface area contributed by atoms with Crippen LogP contribution >= 0.6 is 0 Å². The minimum absolute atomic E-state index is 0.287. The summed E-state index contributed by atoms with van der Waals surface area (Å²) < 4.78 is 27.9. The molecular formula is C22H29NO9. The molecule has 1 amide bonds. The Kier molecular flexibility index (Phi) is 8.59. The van der Waals surface area contributed by atoms with Crippen LogP contribution in [-0.2, 0) is 38.1 Å². The van der Waals surface area contributed by atoms with Gasteiger partial charge in [-0.05, 0) is 25.5 Å². The van der Waals surface area contributed by atoms with Gasteiger partial charge in [0.25, 0.3) is 0 Å². The van der Waals surface area contributed by atoms with Gasteiger partial charge in [0.2, 0.25) is 12.2 Å². The average Bonchev–Trinajstić information content (AvgIpc) is 2.65. The normalized spacial score (nSPS) is 24.8. The summed E-state index contributed by atoms with van der Waals surface area (Å²) in [6.07, 6.45) is -4.48. The molecule has 1 aliphatic heterocycles. The van der Waals surface area contributed by atoms with Crippen molar-refractivity contribution in [2.75, 3.05) is 6.61 Å². The van der Waals surface area contributed by atoms with Gasteiger partial charge in [-0.25, -0.2) is 0 Å². The fourth-order valence-electron chi connectivity index (χ4n) is 3.45. The highest BCUT2D eigenvalue weighted by Gasteiger charge is 2.52. The second-order valence-electron chi connectivity index (χ2n) is 7.61. The standard InChI is InChI=1S/C22H29NO9/c1-11-7-8-17(12(2)9-11)31-22-19(23-13(3)24)21(30-16(6)27)20(29-15(5)26)18(32-22)10-28-14(4)25/h7-9,18-22H,10H2,1-6H3,(H,23,24)/t18-,19+,20-,21-,22-/m1/s1. The third kappa shape index (κ3) is 6.94. The van der Waals surface area contributed by atoms with Gasteiger partial charge in [-0.2, -0.15) is 0 Å². The molecule has 0 saturated carbocycles. The van der Waals surface area contributed by atoms with Gasteiger partial charge in [-0.15, -0.1) is 0 Å². The Labute approximate surface area is 186 Å². The van der Waals surface area contributed by atoms with Crippen LogP contribution < -0.4 is 10.1 Å². The lowest BCUT2D eigenvalue weighted by Crippen LogP contribution is -2.67. The Bertz CT molecular complexity index is 869. The van der Waals surface area contributed by atoms with E-state index in [9.17, 15) is 19.2 Å². The number of ether oxygens (including phenoxy) is 5. The number of hydrogen-bond acceptors (Lipinski definition) is 9. The minimum atomic E-state index is -1.16. The molecule has 10 nitrogen and oxygen atoms in total. The average molecular weight is 451 g/mol. The number of carbonyl (C=O) groups is 4. The molecule has 1 heterocycles. The second-order valence-corrected chi connectivity index (χ2v) is 7.61. The van der Waals surface area contributed by atoms with Crippen molar-refractivity contribution in [1.29, 1.82) is 0 Å². The van der Waals surface area contributed by atoms with E-state index in [1.165, 1.54) is 27.7 Å². The SMILES string of the molecule is CC(=O)N[C@@H]1[C@H](Oc2ccc(C)cc2C)O[C@H](COC(C)=O)[C@@H](OC(C)=O)[C@@H]1OC(C)=O. The number of benzene rings is 1. The highest BCUT2D eigenvalue weighted by Crippen LogP contribution is 2.30. The Morgan fingerprint density at radius 3 is 2.09 bits per heavy atom. The largest absolute Gasteiger partial charge is 0.463 e. The van der Waals surface area contributed by atoms with E-state index in [1.807, 2.05) is 26.0 Å². The highest BCUT2D eigenvalue weighted by atomic mass is 16.7. The summed E-state index contributed by atoms with van der Waals surface area (Å²) in [6.45, 7) is 8.36. The van der Waals surface area contributed by atoms with Crippen LogP contribution in [0, 0.1) is 13.8 Å². The number of aryl methyl sites for hydroxylation is 2. The molecule has 1 aromatic carbocycles. The molecule has 0 bridgehead atoms. The third-order valence-corrected chi connectivity index (χ3v) is 4.64. The van der Waals surface area contributed by atoms with E-state index in [-0.39, 0.29) is 6.61 Å². The van der Waals surface area contributed by atoms with Gasteiger partial charge in [0.05, 0.1) is 0 Å². The molecule has 176 valence electrons. The lowest BCUT2D eigenvalue weighted by molar-refractivity contribution is -0.257. The topological polar surface area (TPSA) is 126 Å². The van der Waals surface area contributed by atoms with Crippen LogP contribution in [0.15, 0.2) is 18.2 Å². The lowest BCUT2D eigenvalue weighted by atomic mass is 9.96. The molecule has 0 unspecified atom stereocenters. The van der Waals surface area contributed by atoms with Crippen LogP contribution in [-0.4, -0.2) is 61.1 Å². The van der Waals surface area contributed by atoms with Crippen molar-refractivity contribution >= 4 is 23.8 Å². The van der Waals surface area contributed by atoms with Gasteiger partial charge in [-0.1, -0.05) is 17.7 Å². The first-order valence-corrected chi connectivity index (χ1v) is 10.1. The number of amides is 1. The van der Waals surface area contributed by atoms with Crippen molar-refractivity contribution in [2.24, 2.45) is 0 Å². The monoisotopic (exact) mass is 451 g/mol. The lowest BCUT2D eigenvalue weighted by Gasteiger charge is -2.44. The molecule has 1 aliphatic rings. The van der Waals surface area contributed by atoms with Crippen molar-refractivity contribution in [3.8, 4) is 5.75 Å². The Hall–Kier alpha value is -3.14. The van der Waals surface area contributed by atoms with Crippen LogP contribution in [0.2, 0.25) is 0 Å². The van der Waals surface area contributed by atoms with E-state index in [0.717, 1.165) is 11.1 Å². The van der Waals surface area contributed by atoms with E-state index in [0.29, 0.717) is 5.75 Å². The summed E-state index contributed by atoms with van der Waals surface area (Å²) in [7, 11) is 0. The fourth-order valence-corrected chi connectivity index (χ4v) is 3.45. The van der Waals surface area contributed by atoms with Gasteiger partial charge >= 0.3 is 17.9 Å². The van der Waals surface area contributed by atoms with Gasteiger partial charge in [-0.3, -0.25) is 19.2 Å². The first-order chi connectivity index (χ1) is 15.0. The number of esters is 3. The third-order valence-electron chi connectivity index (χ3n) is 4.64. The molecule has 1 saturated heterocycles. The molecule has 1 aromatic rings. The maximum absolute atomic E-state index is 11.9. The van der Waals surface area contributed by atoms with Gasteiger partial charge in [0.1, 0.15) is 24.5 Å². The van der Waals surface area contributed by atoms with Gasteiger partial charge in [0.15, 0.2) is 12.2 Å². The summed E-state index contributed by atoms with van der Waals surface area (Å²) in [5, 5.41) is 2.66. The highest BCUT2D eigenvalue weighted by molar-refractivity contribution is 5.73. The van der Waals surface area contributed by atoms with Crippen molar-refractivity contribution in [3.05, 3.63) is 29.3 Å². The fraction of sp³-hybridized carbons (Fsp3) is 0.545. The molecule has 32 heavy (non-hydrogen) atoms. The summed E-state index contributed by atoms with van der Waals surface area (Å²) in [5.74, 6) is -1.87.